The predicted molar refractivity (Wildman–Crippen MR) is 48.4 cm³/mol. The molecule has 13 heavy (non-hydrogen) atoms. The highest BCUT2D eigenvalue weighted by atomic mass is 16.3. The zero-order valence-corrected chi connectivity index (χ0v) is 6.77. The fraction of sp³-hybridized carbons (Fsp3) is 0. The first-order valence-electron chi connectivity index (χ1n) is 3.51. The molecule has 0 heterocycles. The minimum atomic E-state index is -0.690. The topological polar surface area (TPSA) is 102 Å². The fourth-order valence-corrected chi connectivity index (χ4v) is 0.917. The minimum absolute atomic E-state index is 0.0531. The molecule has 1 rings (SSSR count). The molecule has 1 aromatic carbocycles. The number of rotatable bonds is 2. The maximum absolute atomic E-state index is 10.8. The van der Waals surface area contributed by atoms with E-state index in [-0.39, 0.29) is 11.3 Å². The number of carbonyl (C=O) groups is 1. The first-order valence-corrected chi connectivity index (χ1v) is 3.51. The van der Waals surface area contributed by atoms with Gasteiger partial charge in [-0.2, -0.15) is 5.10 Å². The SMILES string of the molecule is NN=Cc1ccc(O)c(C(N)=O)c1. The predicted octanol–water partition coefficient (Wildman–Crippen LogP) is -0.216. The van der Waals surface area contributed by atoms with Gasteiger partial charge in [-0.3, -0.25) is 4.79 Å². The molecule has 0 aliphatic carbocycles. The van der Waals surface area contributed by atoms with E-state index in [9.17, 15) is 9.90 Å². The Balaban J connectivity index is 3.18. The van der Waals surface area contributed by atoms with E-state index >= 15 is 0 Å². The Kier molecular flexibility index (Phi) is 2.49. The first kappa shape index (κ1) is 9.05. The fourth-order valence-electron chi connectivity index (χ4n) is 0.917. The van der Waals surface area contributed by atoms with Crippen molar-refractivity contribution in [2.45, 2.75) is 0 Å². The molecule has 5 nitrogen and oxygen atoms in total. The number of amides is 1. The van der Waals surface area contributed by atoms with Crippen LogP contribution >= 0.6 is 0 Å². The largest absolute Gasteiger partial charge is 0.507 e. The first-order chi connectivity index (χ1) is 6.15. The molecular weight excluding hydrogens is 170 g/mol. The summed E-state index contributed by atoms with van der Waals surface area (Å²) in [5, 5.41) is 12.5. The summed E-state index contributed by atoms with van der Waals surface area (Å²) in [6, 6.07) is 4.34. The molecule has 0 unspecified atom stereocenters. The van der Waals surface area contributed by atoms with Gasteiger partial charge < -0.3 is 16.7 Å². The van der Waals surface area contributed by atoms with Crippen molar-refractivity contribution >= 4 is 12.1 Å². The van der Waals surface area contributed by atoms with Crippen LogP contribution in [0.3, 0.4) is 0 Å². The van der Waals surface area contributed by atoms with Gasteiger partial charge in [-0.25, -0.2) is 0 Å². The molecule has 5 heteroatoms. The van der Waals surface area contributed by atoms with Gasteiger partial charge >= 0.3 is 0 Å². The number of hydrazone groups is 1. The van der Waals surface area contributed by atoms with Crippen molar-refractivity contribution in [2.75, 3.05) is 0 Å². The van der Waals surface area contributed by atoms with E-state index in [2.05, 4.69) is 5.10 Å². The van der Waals surface area contributed by atoms with Crippen LogP contribution in [-0.4, -0.2) is 17.2 Å². The summed E-state index contributed by atoms with van der Waals surface area (Å²) < 4.78 is 0. The van der Waals surface area contributed by atoms with Gasteiger partial charge in [0.05, 0.1) is 11.8 Å². The van der Waals surface area contributed by atoms with E-state index in [0.717, 1.165) is 0 Å². The molecule has 0 aliphatic heterocycles. The molecule has 1 amide bonds. The van der Waals surface area contributed by atoms with Crippen molar-refractivity contribution in [2.24, 2.45) is 16.7 Å². The average Bonchev–Trinajstić information content (AvgIpc) is 2.08. The Morgan fingerprint density at radius 3 is 2.77 bits per heavy atom. The summed E-state index contributed by atoms with van der Waals surface area (Å²) in [5.74, 6) is 4.07. The molecule has 0 aromatic heterocycles. The van der Waals surface area contributed by atoms with Crippen LogP contribution in [0.4, 0.5) is 0 Å². The lowest BCUT2D eigenvalue weighted by Crippen LogP contribution is -2.11. The third-order valence-electron chi connectivity index (χ3n) is 1.51. The highest BCUT2D eigenvalue weighted by molar-refractivity contribution is 5.97. The summed E-state index contributed by atoms with van der Waals surface area (Å²) >= 11 is 0. The van der Waals surface area contributed by atoms with Gasteiger partial charge in [0, 0.05) is 0 Å². The lowest BCUT2D eigenvalue weighted by molar-refractivity contribution is 0.0998. The zero-order valence-electron chi connectivity index (χ0n) is 6.77. The smallest absolute Gasteiger partial charge is 0.252 e. The summed E-state index contributed by atoms with van der Waals surface area (Å²) in [4.78, 5) is 10.8. The second-order valence-corrected chi connectivity index (χ2v) is 2.42. The maximum Gasteiger partial charge on any atom is 0.252 e. The van der Waals surface area contributed by atoms with Crippen LogP contribution in [0.25, 0.3) is 0 Å². The van der Waals surface area contributed by atoms with E-state index in [1.807, 2.05) is 0 Å². The van der Waals surface area contributed by atoms with Gasteiger partial charge in [0.25, 0.3) is 5.91 Å². The maximum atomic E-state index is 10.8. The van der Waals surface area contributed by atoms with Crippen LogP contribution in [0.15, 0.2) is 23.3 Å². The molecule has 5 N–H and O–H groups in total. The summed E-state index contributed by atoms with van der Waals surface area (Å²) in [7, 11) is 0. The summed E-state index contributed by atoms with van der Waals surface area (Å²) in [6.07, 6.45) is 1.35. The number of nitrogens with zero attached hydrogens (tertiary/aromatic N) is 1. The number of hydrogen-bond donors (Lipinski definition) is 3. The van der Waals surface area contributed by atoms with Crippen molar-refractivity contribution in [3.05, 3.63) is 29.3 Å². The molecule has 0 saturated carbocycles. The number of aromatic hydroxyl groups is 1. The Bertz CT molecular complexity index is 360. The highest BCUT2D eigenvalue weighted by Crippen LogP contribution is 2.16. The lowest BCUT2D eigenvalue weighted by Gasteiger charge is -2.00. The van der Waals surface area contributed by atoms with Gasteiger partial charge in [-0.1, -0.05) is 0 Å². The van der Waals surface area contributed by atoms with Crippen molar-refractivity contribution in [1.29, 1.82) is 0 Å². The lowest BCUT2D eigenvalue weighted by atomic mass is 10.1. The molecule has 0 bridgehead atoms. The average molecular weight is 179 g/mol. The minimum Gasteiger partial charge on any atom is -0.507 e. The molecule has 68 valence electrons. The number of nitrogens with two attached hydrogens (primary N) is 2. The number of benzene rings is 1. The molecule has 0 saturated heterocycles. The van der Waals surface area contributed by atoms with Crippen LogP contribution in [0.1, 0.15) is 15.9 Å². The van der Waals surface area contributed by atoms with E-state index in [4.69, 9.17) is 11.6 Å². The third kappa shape index (κ3) is 1.96. The van der Waals surface area contributed by atoms with Gasteiger partial charge in [-0.15, -0.1) is 0 Å². The molecule has 0 aliphatic rings. The second kappa shape index (κ2) is 3.57. The van der Waals surface area contributed by atoms with Gasteiger partial charge in [-0.05, 0) is 23.8 Å². The standard InChI is InChI=1S/C8H9N3O2/c9-8(13)6-3-5(4-11-10)1-2-7(6)12/h1-4,12H,10H2,(H2,9,13). The van der Waals surface area contributed by atoms with E-state index in [0.29, 0.717) is 5.56 Å². The number of hydrogen-bond acceptors (Lipinski definition) is 4. The van der Waals surface area contributed by atoms with Gasteiger partial charge in [0.1, 0.15) is 5.75 Å². The van der Waals surface area contributed by atoms with E-state index in [1.54, 1.807) is 6.07 Å². The molecular formula is C8H9N3O2. The molecule has 1 aromatic rings. The van der Waals surface area contributed by atoms with Crippen LogP contribution in [0.5, 0.6) is 5.75 Å². The summed E-state index contributed by atoms with van der Waals surface area (Å²) in [5.41, 5.74) is 5.66. The normalized spacial score (nSPS) is 10.5. The Morgan fingerprint density at radius 1 is 1.54 bits per heavy atom. The van der Waals surface area contributed by atoms with Crippen molar-refractivity contribution in [3.63, 3.8) is 0 Å². The van der Waals surface area contributed by atoms with E-state index < -0.39 is 5.91 Å². The van der Waals surface area contributed by atoms with Crippen LogP contribution in [-0.2, 0) is 0 Å². The van der Waals surface area contributed by atoms with Crippen LogP contribution in [0, 0.1) is 0 Å². The molecule has 0 radical (unpaired) electrons. The Morgan fingerprint density at radius 2 is 2.23 bits per heavy atom. The monoisotopic (exact) mass is 179 g/mol. The van der Waals surface area contributed by atoms with Crippen molar-refractivity contribution < 1.29 is 9.90 Å². The third-order valence-corrected chi connectivity index (χ3v) is 1.51. The van der Waals surface area contributed by atoms with Crippen molar-refractivity contribution in [3.8, 4) is 5.75 Å². The number of phenols is 1. The van der Waals surface area contributed by atoms with E-state index in [1.165, 1.54) is 18.3 Å². The molecule has 0 fully saturated rings. The Hall–Kier alpha value is -2.04. The number of carbonyl (C=O) groups excluding carboxylic acids is 1. The second-order valence-electron chi connectivity index (χ2n) is 2.42. The highest BCUT2D eigenvalue weighted by Gasteiger charge is 2.06. The Labute approximate surface area is 74.7 Å². The zero-order chi connectivity index (χ0) is 9.84. The van der Waals surface area contributed by atoms with Crippen molar-refractivity contribution in [1.82, 2.24) is 0 Å². The van der Waals surface area contributed by atoms with Crippen LogP contribution < -0.4 is 11.6 Å². The van der Waals surface area contributed by atoms with Gasteiger partial charge in [0.15, 0.2) is 0 Å². The molecule has 0 atom stereocenters. The summed E-state index contributed by atoms with van der Waals surface area (Å²) in [6.45, 7) is 0. The number of primary amides is 1. The molecule has 0 spiro atoms. The van der Waals surface area contributed by atoms with Crippen LogP contribution in [0.2, 0.25) is 0 Å². The van der Waals surface area contributed by atoms with Gasteiger partial charge in [0.2, 0.25) is 0 Å². The quantitative estimate of drug-likeness (QED) is 0.332.